The van der Waals surface area contributed by atoms with Crippen molar-refractivity contribution in [1.82, 2.24) is 48.2 Å². The fourth-order valence-electron chi connectivity index (χ4n) is 19.2. The zero-order chi connectivity index (χ0) is 79.8. The maximum absolute atomic E-state index is 5.54. The minimum absolute atomic E-state index is 0.554. The lowest BCUT2D eigenvalue weighted by Crippen LogP contribution is -2.06. The summed E-state index contributed by atoms with van der Waals surface area (Å²) in [6.45, 7) is 0. The fourth-order valence-corrected chi connectivity index (χ4v) is 21.9. The molecule has 0 aliphatic carbocycles. The molecule has 0 fully saturated rings. The SMILES string of the molecule is c1ccc(-c2cccc(-c3nc(-c4ccccc4)nc(-n4c5ccccc5c5ccc6c7ccc8c9ccccc9n(-c9ccc%10ccc(-c%11cccc(-c%12ccc(-c%13nc(-c%14ccccc%14)nc(-n%14c%15ccccc%15c%15ccc%16c%17ccc%18c%19ccccc%19n(-c%19ccc%20ccccc%20c%19)c%18c%17sc%16c%15%14)n%13)cc%12)c%11)cc%10c9)c8c7sc6c54)n3)c2)cc1. The Labute approximate surface area is 705 Å². The first-order valence-corrected chi connectivity index (χ1v) is 42.8. The first-order chi connectivity index (χ1) is 60.5. The molecule has 0 spiro atoms. The Balaban J connectivity index is 0.573. The van der Waals surface area contributed by atoms with Crippen LogP contribution in [0.2, 0.25) is 0 Å². The molecule has 0 bridgehead atoms. The fraction of sp³-hybridized carbons (Fsp3) is 0. The van der Waals surface area contributed by atoms with Gasteiger partial charge in [0, 0.05) is 98.3 Å². The average molecular weight is 1590 g/mol. The maximum Gasteiger partial charge on any atom is 0.238 e. The van der Waals surface area contributed by atoms with Crippen molar-refractivity contribution in [2.24, 2.45) is 0 Å². The summed E-state index contributed by atoms with van der Waals surface area (Å²) in [6, 6.07) is 140. The third kappa shape index (κ3) is 10.5. The summed E-state index contributed by atoms with van der Waals surface area (Å²) in [5, 5.41) is 18.9. The lowest BCUT2D eigenvalue weighted by atomic mass is 9.96. The van der Waals surface area contributed by atoms with Gasteiger partial charge < -0.3 is 9.13 Å². The highest BCUT2D eigenvalue weighted by Gasteiger charge is 2.28. The van der Waals surface area contributed by atoms with E-state index in [4.69, 9.17) is 29.9 Å². The van der Waals surface area contributed by atoms with Crippen LogP contribution in [0.4, 0.5) is 0 Å². The number of para-hydroxylation sites is 4. The van der Waals surface area contributed by atoms with E-state index in [0.717, 1.165) is 132 Å². The quantitative estimate of drug-likeness (QED) is 0.128. The molecule has 12 heteroatoms. The van der Waals surface area contributed by atoms with Gasteiger partial charge in [-0.05, 0) is 122 Å². The van der Waals surface area contributed by atoms with Crippen LogP contribution in [0.5, 0.6) is 0 Å². The highest BCUT2D eigenvalue weighted by Crippen LogP contribution is 2.51. The second-order valence-electron chi connectivity index (χ2n) is 31.6. The topological polar surface area (TPSA) is 97.1 Å². The van der Waals surface area contributed by atoms with Crippen LogP contribution in [0.3, 0.4) is 0 Å². The van der Waals surface area contributed by atoms with E-state index < -0.39 is 0 Å². The zero-order valence-corrected chi connectivity index (χ0v) is 66.9. The molecule has 0 amide bonds. The molecule has 566 valence electrons. The second-order valence-corrected chi connectivity index (χ2v) is 33.7. The number of thiophene rings is 2. The first-order valence-electron chi connectivity index (χ1n) is 41.1. The summed E-state index contributed by atoms with van der Waals surface area (Å²) in [5.41, 5.74) is 21.4. The third-order valence-electron chi connectivity index (χ3n) is 24.8. The molecule has 0 radical (unpaired) electrons. The normalized spacial score (nSPS) is 12.1. The van der Waals surface area contributed by atoms with Gasteiger partial charge in [0.2, 0.25) is 11.9 Å². The van der Waals surface area contributed by atoms with E-state index in [1.54, 1.807) is 0 Å². The molecule has 10 nitrogen and oxygen atoms in total. The van der Waals surface area contributed by atoms with Crippen LogP contribution in [-0.4, -0.2) is 48.2 Å². The highest BCUT2D eigenvalue weighted by atomic mass is 32.1. The number of nitrogens with zero attached hydrogens (tertiary/aromatic N) is 10. The Morgan fingerprint density at radius 1 is 0.164 bits per heavy atom. The van der Waals surface area contributed by atoms with E-state index in [1.807, 2.05) is 59.1 Å². The molecule has 18 aromatic carbocycles. The van der Waals surface area contributed by atoms with Crippen LogP contribution in [-0.2, 0) is 0 Å². The molecule has 8 aromatic heterocycles. The molecule has 0 N–H and O–H groups in total. The molecule has 26 aromatic rings. The van der Waals surface area contributed by atoms with Crippen molar-refractivity contribution in [1.29, 1.82) is 0 Å². The van der Waals surface area contributed by atoms with Crippen molar-refractivity contribution in [3.05, 3.63) is 388 Å². The zero-order valence-electron chi connectivity index (χ0n) is 65.2. The Hall–Kier alpha value is -15.9. The number of fused-ring (bicyclic) bond motifs is 24. The number of aromatic nitrogens is 10. The molecule has 8 heterocycles. The predicted molar refractivity (Wildman–Crippen MR) is 509 cm³/mol. The second kappa shape index (κ2) is 26.8. The van der Waals surface area contributed by atoms with Crippen LogP contribution >= 0.6 is 22.7 Å². The van der Waals surface area contributed by atoms with Gasteiger partial charge >= 0.3 is 0 Å². The van der Waals surface area contributed by atoms with Crippen molar-refractivity contribution in [2.75, 3.05) is 0 Å². The van der Waals surface area contributed by atoms with Gasteiger partial charge in [0.15, 0.2) is 23.3 Å². The average Bonchev–Trinajstić information content (AvgIpc) is 1.54. The van der Waals surface area contributed by atoms with Crippen molar-refractivity contribution < 1.29 is 0 Å². The summed E-state index contributed by atoms with van der Waals surface area (Å²) < 4.78 is 14.3. The van der Waals surface area contributed by atoms with E-state index in [2.05, 4.69) is 370 Å². The molecule has 0 aliphatic heterocycles. The number of benzene rings is 18. The summed E-state index contributed by atoms with van der Waals surface area (Å²) in [5.74, 6) is 3.50. The smallest absolute Gasteiger partial charge is 0.238 e. The van der Waals surface area contributed by atoms with Crippen LogP contribution in [0.1, 0.15) is 0 Å². The van der Waals surface area contributed by atoms with E-state index in [-0.39, 0.29) is 0 Å². The van der Waals surface area contributed by atoms with Gasteiger partial charge in [0.05, 0.1) is 62.9 Å². The van der Waals surface area contributed by atoms with Crippen LogP contribution < -0.4 is 0 Å². The molecule has 122 heavy (non-hydrogen) atoms. The van der Waals surface area contributed by atoms with Crippen LogP contribution in [0.15, 0.2) is 388 Å². The molecule has 0 aliphatic rings. The van der Waals surface area contributed by atoms with Gasteiger partial charge in [-0.3, -0.25) is 9.13 Å². The molecule has 0 unspecified atom stereocenters. The molecule has 0 saturated heterocycles. The van der Waals surface area contributed by atoms with Gasteiger partial charge in [-0.25, -0.2) is 9.97 Å². The third-order valence-corrected chi connectivity index (χ3v) is 27.3. The van der Waals surface area contributed by atoms with E-state index in [9.17, 15) is 0 Å². The monoisotopic (exact) mass is 1590 g/mol. The minimum atomic E-state index is 0.554. The van der Waals surface area contributed by atoms with Crippen molar-refractivity contribution in [2.45, 2.75) is 0 Å². The lowest BCUT2D eigenvalue weighted by Gasteiger charge is -2.12. The van der Waals surface area contributed by atoms with E-state index >= 15 is 0 Å². The summed E-state index contributed by atoms with van der Waals surface area (Å²) >= 11 is 3.71. The Morgan fingerprint density at radius 2 is 0.451 bits per heavy atom. The van der Waals surface area contributed by atoms with Gasteiger partial charge in [-0.2, -0.15) is 19.9 Å². The van der Waals surface area contributed by atoms with Gasteiger partial charge in [0.25, 0.3) is 0 Å². The van der Waals surface area contributed by atoms with E-state index in [0.29, 0.717) is 35.2 Å². The Kier molecular flexibility index (Phi) is 15.0. The number of hydrogen-bond donors (Lipinski definition) is 0. The number of rotatable bonds is 11. The lowest BCUT2D eigenvalue weighted by molar-refractivity contribution is 0.955. The summed E-state index contributed by atoms with van der Waals surface area (Å²) in [7, 11) is 0. The van der Waals surface area contributed by atoms with Crippen molar-refractivity contribution in [3.8, 4) is 102 Å². The Morgan fingerprint density at radius 3 is 0.910 bits per heavy atom. The van der Waals surface area contributed by atoms with Crippen LogP contribution in [0.25, 0.3) is 251 Å². The molecule has 26 rings (SSSR count). The number of hydrogen-bond acceptors (Lipinski definition) is 8. The Bertz CT molecular complexity index is 8900. The maximum atomic E-state index is 5.54. The molecule has 0 saturated carbocycles. The van der Waals surface area contributed by atoms with Gasteiger partial charge in [-0.15, -0.1) is 22.7 Å². The molecule has 0 atom stereocenters. The largest absolute Gasteiger partial charge is 0.308 e. The highest BCUT2D eigenvalue weighted by molar-refractivity contribution is 7.28. The standard InChI is InChI=1S/C110H64N10S2/c1-4-22-65(23-5-1)73-31-21-33-77(61-73)108-112-106(70-27-8-3-9-28-70)114-110(116-108)120-96-41-19-15-37-84(96)88-55-59-92-90-57-53-86-82-35-13-17-39-94(82)118(98(86)102(90)122-104(92)100(88)120)80-51-49-68-44-47-76(62-78(68)64-80)74-32-20-30-72(60-74)67-42-45-71(46-43-67)107-111-105(69-25-6-2-7-26-69)113-109(115-107)119-95-40-18-14-36-83(95)87-54-58-91-89-56-52-85-81-34-12-16-38-93(81)117(97(85)101(89)121-103(91)99(87)119)79-50-48-66-24-10-11-29-75(66)63-79/h1-64H. The predicted octanol–water partition coefficient (Wildman–Crippen LogP) is 29.2. The van der Waals surface area contributed by atoms with Crippen molar-refractivity contribution >= 4 is 172 Å². The van der Waals surface area contributed by atoms with Crippen LogP contribution in [0, 0.1) is 0 Å². The van der Waals surface area contributed by atoms with Gasteiger partial charge in [0.1, 0.15) is 0 Å². The van der Waals surface area contributed by atoms with E-state index in [1.165, 1.54) is 84.5 Å². The van der Waals surface area contributed by atoms with Gasteiger partial charge in [-0.1, -0.05) is 322 Å². The summed E-state index contributed by atoms with van der Waals surface area (Å²) in [6.07, 6.45) is 0. The molecular weight excluding hydrogens is 1530 g/mol. The van der Waals surface area contributed by atoms with Crippen molar-refractivity contribution in [3.63, 3.8) is 0 Å². The molecular formula is C110H64N10S2. The first kappa shape index (κ1) is 68.2. The minimum Gasteiger partial charge on any atom is -0.308 e. The summed E-state index contributed by atoms with van der Waals surface area (Å²) in [4.78, 5) is 32.4.